The van der Waals surface area contributed by atoms with E-state index in [-0.39, 0.29) is 5.41 Å². The zero-order valence-corrected chi connectivity index (χ0v) is 12.0. The number of carbonyl (C=O) groups excluding carboxylic acids is 1. The van der Waals surface area contributed by atoms with E-state index >= 15 is 0 Å². The van der Waals surface area contributed by atoms with Crippen LogP contribution >= 0.6 is 0 Å². The van der Waals surface area contributed by atoms with Gasteiger partial charge in [-0.15, -0.1) is 0 Å². The fraction of sp³-hybridized carbons (Fsp3) is 0.933. The highest BCUT2D eigenvalue weighted by molar-refractivity contribution is 5.84. The van der Waals surface area contributed by atoms with Gasteiger partial charge in [0.05, 0.1) is 5.41 Å². The average molecular weight is 265 g/mol. The monoisotopic (exact) mass is 265 g/mol. The van der Waals surface area contributed by atoms with Crippen LogP contribution in [0.25, 0.3) is 0 Å². The Labute approximate surface area is 116 Å². The fourth-order valence-corrected chi connectivity index (χ4v) is 4.23. The van der Waals surface area contributed by atoms with Crippen molar-refractivity contribution in [2.45, 2.75) is 45.1 Å². The average Bonchev–Trinajstić information content (AvgIpc) is 2.86. The highest BCUT2D eigenvalue weighted by Gasteiger charge is 2.50. The normalized spacial score (nSPS) is 42.7. The number of piperidine rings is 1. The lowest BCUT2D eigenvalue weighted by Gasteiger charge is -2.40. The van der Waals surface area contributed by atoms with E-state index in [1.54, 1.807) is 0 Å². The highest BCUT2D eigenvalue weighted by Crippen LogP contribution is 2.44. The Balaban J connectivity index is 1.68. The zero-order valence-electron chi connectivity index (χ0n) is 12.0. The maximum atomic E-state index is 12.8. The molecule has 3 rings (SSSR count). The van der Waals surface area contributed by atoms with Crippen LogP contribution in [0.4, 0.5) is 0 Å². The summed E-state index contributed by atoms with van der Waals surface area (Å²) in [6.07, 6.45) is 5.89. The van der Waals surface area contributed by atoms with Gasteiger partial charge in [-0.2, -0.15) is 0 Å². The van der Waals surface area contributed by atoms with Gasteiger partial charge in [-0.3, -0.25) is 4.79 Å². The summed E-state index contributed by atoms with van der Waals surface area (Å²) in [5.74, 6) is 1.45. The number of rotatable bonds is 2. The third-order valence-corrected chi connectivity index (χ3v) is 5.59. The number of carbonyl (C=O) groups is 1. The van der Waals surface area contributed by atoms with Gasteiger partial charge in [-0.05, 0) is 50.7 Å². The van der Waals surface area contributed by atoms with Crippen LogP contribution in [0.15, 0.2) is 0 Å². The van der Waals surface area contributed by atoms with Crippen LogP contribution in [0.1, 0.15) is 39.0 Å². The van der Waals surface area contributed by atoms with Gasteiger partial charge in [0, 0.05) is 12.6 Å². The van der Waals surface area contributed by atoms with Crippen molar-refractivity contribution >= 4 is 5.91 Å². The van der Waals surface area contributed by atoms with Crippen molar-refractivity contribution in [1.29, 1.82) is 0 Å². The molecule has 2 unspecified atom stereocenters. The second-order valence-electron chi connectivity index (χ2n) is 6.78. The van der Waals surface area contributed by atoms with Crippen molar-refractivity contribution in [2.24, 2.45) is 17.3 Å². The zero-order chi connectivity index (χ0) is 13.3. The molecule has 0 spiro atoms. The molecular formula is C15H27N3O. The number of nitrogens with one attached hydrogen (secondary N) is 3. The second kappa shape index (κ2) is 5.41. The van der Waals surface area contributed by atoms with E-state index in [1.807, 2.05) is 0 Å². The third kappa shape index (κ3) is 2.40. The van der Waals surface area contributed by atoms with E-state index < -0.39 is 0 Å². The molecule has 1 aliphatic carbocycles. The Bertz CT molecular complexity index is 346. The minimum absolute atomic E-state index is 0.0944. The first-order chi connectivity index (χ1) is 9.22. The van der Waals surface area contributed by atoms with Crippen molar-refractivity contribution in [3.05, 3.63) is 0 Å². The first-order valence-corrected chi connectivity index (χ1v) is 7.95. The van der Waals surface area contributed by atoms with Crippen LogP contribution in [0, 0.1) is 17.3 Å². The molecule has 3 N–H and O–H groups in total. The molecule has 0 radical (unpaired) electrons. The molecule has 3 aliphatic rings. The van der Waals surface area contributed by atoms with Crippen molar-refractivity contribution < 1.29 is 4.79 Å². The Morgan fingerprint density at radius 1 is 1.21 bits per heavy atom. The van der Waals surface area contributed by atoms with Gasteiger partial charge in [0.1, 0.15) is 0 Å². The van der Waals surface area contributed by atoms with Crippen LogP contribution in [0.3, 0.4) is 0 Å². The fourth-order valence-electron chi connectivity index (χ4n) is 4.23. The quantitative estimate of drug-likeness (QED) is 0.695. The Hall–Kier alpha value is -0.610. The molecule has 0 aromatic rings. The smallest absolute Gasteiger partial charge is 0.228 e. The molecule has 0 aromatic heterocycles. The van der Waals surface area contributed by atoms with Crippen molar-refractivity contribution in [1.82, 2.24) is 16.0 Å². The SMILES string of the molecule is CC1CNCCC1NC(=O)[C@@]12CCCC[C@H]1CNC2. The van der Waals surface area contributed by atoms with Gasteiger partial charge < -0.3 is 16.0 Å². The number of hydrogen-bond donors (Lipinski definition) is 3. The summed E-state index contributed by atoms with van der Waals surface area (Å²) >= 11 is 0. The van der Waals surface area contributed by atoms with Crippen LogP contribution in [0.2, 0.25) is 0 Å². The van der Waals surface area contributed by atoms with E-state index in [4.69, 9.17) is 0 Å². The maximum Gasteiger partial charge on any atom is 0.228 e. The second-order valence-corrected chi connectivity index (χ2v) is 6.78. The van der Waals surface area contributed by atoms with Gasteiger partial charge in [-0.1, -0.05) is 19.8 Å². The van der Waals surface area contributed by atoms with Gasteiger partial charge in [0.2, 0.25) is 5.91 Å². The van der Waals surface area contributed by atoms with E-state index in [1.165, 1.54) is 19.3 Å². The minimum atomic E-state index is -0.0944. The van der Waals surface area contributed by atoms with Crippen LogP contribution in [-0.2, 0) is 4.79 Å². The number of fused-ring (bicyclic) bond motifs is 1. The van der Waals surface area contributed by atoms with Gasteiger partial charge in [0.25, 0.3) is 0 Å². The first-order valence-electron chi connectivity index (χ1n) is 7.95. The molecule has 2 saturated heterocycles. The molecule has 2 heterocycles. The molecule has 1 saturated carbocycles. The van der Waals surface area contributed by atoms with Crippen LogP contribution in [0.5, 0.6) is 0 Å². The van der Waals surface area contributed by atoms with Gasteiger partial charge >= 0.3 is 0 Å². The lowest BCUT2D eigenvalue weighted by Crippen LogP contribution is -2.55. The van der Waals surface area contributed by atoms with E-state index in [2.05, 4.69) is 22.9 Å². The maximum absolute atomic E-state index is 12.8. The largest absolute Gasteiger partial charge is 0.352 e. The molecule has 3 fully saturated rings. The number of amides is 1. The summed E-state index contributed by atoms with van der Waals surface area (Å²) < 4.78 is 0. The molecule has 4 atom stereocenters. The first kappa shape index (κ1) is 13.4. The van der Waals surface area contributed by atoms with Crippen molar-refractivity contribution in [3.63, 3.8) is 0 Å². The van der Waals surface area contributed by atoms with E-state index in [0.29, 0.717) is 23.8 Å². The Kier molecular flexibility index (Phi) is 3.81. The Morgan fingerprint density at radius 2 is 2.11 bits per heavy atom. The van der Waals surface area contributed by atoms with E-state index in [0.717, 1.165) is 39.0 Å². The van der Waals surface area contributed by atoms with Crippen LogP contribution in [-0.4, -0.2) is 38.1 Å². The van der Waals surface area contributed by atoms with Gasteiger partial charge in [0.15, 0.2) is 0 Å². The predicted octanol–water partition coefficient (Wildman–Crippen LogP) is 0.880. The molecule has 0 bridgehead atoms. The van der Waals surface area contributed by atoms with E-state index in [9.17, 15) is 4.79 Å². The third-order valence-electron chi connectivity index (χ3n) is 5.59. The number of hydrogen-bond acceptors (Lipinski definition) is 3. The summed E-state index contributed by atoms with van der Waals surface area (Å²) in [6, 6.07) is 0.367. The summed E-state index contributed by atoms with van der Waals surface area (Å²) in [5, 5.41) is 10.2. The lowest BCUT2D eigenvalue weighted by atomic mass is 9.67. The highest BCUT2D eigenvalue weighted by atomic mass is 16.2. The van der Waals surface area contributed by atoms with Gasteiger partial charge in [-0.25, -0.2) is 0 Å². The lowest BCUT2D eigenvalue weighted by molar-refractivity contribution is -0.135. The molecule has 4 nitrogen and oxygen atoms in total. The molecule has 108 valence electrons. The topological polar surface area (TPSA) is 53.2 Å². The summed E-state index contributed by atoms with van der Waals surface area (Å²) in [4.78, 5) is 12.8. The van der Waals surface area contributed by atoms with Crippen molar-refractivity contribution in [2.75, 3.05) is 26.2 Å². The summed E-state index contributed by atoms with van der Waals surface area (Å²) in [5.41, 5.74) is -0.0944. The Morgan fingerprint density at radius 3 is 2.95 bits per heavy atom. The minimum Gasteiger partial charge on any atom is -0.352 e. The standard InChI is InChI=1S/C15H27N3O/c1-11-8-16-7-5-13(11)18-14(19)15-6-3-2-4-12(15)9-17-10-15/h11-13,16-17H,2-10H2,1H3,(H,18,19)/t11?,12-,13?,15+/m0/s1. The summed E-state index contributed by atoms with van der Waals surface area (Å²) in [7, 11) is 0. The van der Waals surface area contributed by atoms with Crippen LogP contribution < -0.4 is 16.0 Å². The van der Waals surface area contributed by atoms with Crippen molar-refractivity contribution in [3.8, 4) is 0 Å². The summed E-state index contributed by atoms with van der Waals surface area (Å²) in [6.45, 7) is 6.22. The molecule has 0 aromatic carbocycles. The molecule has 19 heavy (non-hydrogen) atoms. The molecule has 2 aliphatic heterocycles. The molecule has 4 heteroatoms. The molecular weight excluding hydrogens is 238 g/mol. The predicted molar refractivity (Wildman–Crippen MR) is 75.8 cm³/mol. The molecule has 1 amide bonds.